The average molecular weight is 398 g/mol. The molecule has 0 amide bonds. The average Bonchev–Trinajstić information content (AvgIpc) is 2.80. The number of hydrogen-bond acceptors (Lipinski definition) is 6. The highest BCUT2D eigenvalue weighted by Gasteiger charge is 2.10. The molecule has 0 aliphatic heterocycles. The molecule has 2 N–H and O–H groups in total. The van der Waals surface area contributed by atoms with E-state index in [0.29, 0.717) is 17.3 Å². The van der Waals surface area contributed by atoms with Crippen molar-refractivity contribution in [1.29, 1.82) is 0 Å². The zero-order valence-electron chi connectivity index (χ0n) is 16.8. The van der Waals surface area contributed by atoms with Crippen LogP contribution < -0.4 is 10.1 Å². The van der Waals surface area contributed by atoms with Crippen LogP contribution >= 0.6 is 0 Å². The number of aromatic hydroxyl groups is 1. The SMILES string of the molecule is COc1cc(-c2cncc(NC(C)c3ccc(-c4ccncc4)cc3)n2)ccc1O. The van der Waals surface area contributed by atoms with Gasteiger partial charge in [0.25, 0.3) is 0 Å². The lowest BCUT2D eigenvalue weighted by Gasteiger charge is -2.16. The molecule has 2 heterocycles. The van der Waals surface area contributed by atoms with Gasteiger partial charge in [-0.1, -0.05) is 24.3 Å². The molecule has 1 unspecified atom stereocenters. The molecule has 0 saturated carbocycles. The molecule has 0 fully saturated rings. The minimum Gasteiger partial charge on any atom is -0.504 e. The molecule has 4 aromatic rings. The van der Waals surface area contributed by atoms with Crippen LogP contribution in [0.15, 0.2) is 79.4 Å². The molecule has 1 atom stereocenters. The third-order valence-corrected chi connectivity index (χ3v) is 4.90. The number of pyridine rings is 1. The van der Waals surface area contributed by atoms with Crippen LogP contribution in [0.4, 0.5) is 5.82 Å². The highest BCUT2D eigenvalue weighted by molar-refractivity contribution is 5.65. The third-order valence-electron chi connectivity index (χ3n) is 4.90. The Balaban J connectivity index is 1.51. The second-order valence-electron chi connectivity index (χ2n) is 6.90. The highest BCUT2D eigenvalue weighted by Crippen LogP contribution is 2.31. The lowest BCUT2D eigenvalue weighted by atomic mass is 10.0. The van der Waals surface area contributed by atoms with Gasteiger partial charge in [-0.25, -0.2) is 4.98 Å². The van der Waals surface area contributed by atoms with E-state index in [-0.39, 0.29) is 11.8 Å². The maximum Gasteiger partial charge on any atom is 0.161 e. The van der Waals surface area contributed by atoms with Gasteiger partial charge in [0, 0.05) is 24.0 Å². The lowest BCUT2D eigenvalue weighted by molar-refractivity contribution is 0.373. The smallest absolute Gasteiger partial charge is 0.161 e. The summed E-state index contributed by atoms with van der Waals surface area (Å²) in [5.74, 6) is 1.16. The Morgan fingerprint density at radius 3 is 2.30 bits per heavy atom. The van der Waals surface area contributed by atoms with Gasteiger partial charge in [-0.05, 0) is 53.9 Å². The largest absolute Gasteiger partial charge is 0.504 e. The number of nitrogens with one attached hydrogen (secondary N) is 1. The van der Waals surface area contributed by atoms with Crippen molar-refractivity contribution >= 4 is 5.82 Å². The second kappa shape index (κ2) is 8.61. The van der Waals surface area contributed by atoms with Crippen LogP contribution in [0, 0.1) is 0 Å². The van der Waals surface area contributed by atoms with Gasteiger partial charge in [0.05, 0.1) is 25.2 Å². The van der Waals surface area contributed by atoms with Gasteiger partial charge in [-0.2, -0.15) is 0 Å². The van der Waals surface area contributed by atoms with Gasteiger partial charge >= 0.3 is 0 Å². The zero-order chi connectivity index (χ0) is 20.9. The van der Waals surface area contributed by atoms with Gasteiger partial charge in [-0.15, -0.1) is 0 Å². The predicted octanol–water partition coefficient (Wildman–Crippen LogP) is 5.09. The Labute approximate surface area is 175 Å². The van der Waals surface area contributed by atoms with Crippen LogP contribution in [0.25, 0.3) is 22.4 Å². The number of benzene rings is 2. The molecule has 0 bridgehead atoms. The maximum absolute atomic E-state index is 9.80. The molecule has 2 aromatic heterocycles. The fraction of sp³-hybridized carbons (Fsp3) is 0.125. The van der Waals surface area contributed by atoms with E-state index in [9.17, 15) is 5.11 Å². The van der Waals surface area contributed by atoms with Crippen LogP contribution in [-0.2, 0) is 0 Å². The van der Waals surface area contributed by atoms with Crippen molar-refractivity contribution in [2.45, 2.75) is 13.0 Å². The summed E-state index contributed by atoms with van der Waals surface area (Å²) < 4.78 is 5.18. The predicted molar refractivity (Wildman–Crippen MR) is 117 cm³/mol. The number of rotatable bonds is 6. The minimum atomic E-state index is 0.0513. The Bertz CT molecular complexity index is 1130. The number of methoxy groups -OCH3 is 1. The zero-order valence-corrected chi connectivity index (χ0v) is 16.8. The molecule has 0 radical (unpaired) electrons. The molecule has 0 spiro atoms. The summed E-state index contributed by atoms with van der Waals surface area (Å²) >= 11 is 0. The van der Waals surface area contributed by atoms with Crippen molar-refractivity contribution in [2.75, 3.05) is 12.4 Å². The fourth-order valence-electron chi connectivity index (χ4n) is 3.23. The normalized spacial score (nSPS) is 11.7. The number of ether oxygens (including phenoxy) is 1. The van der Waals surface area contributed by atoms with Gasteiger partial charge in [0.2, 0.25) is 0 Å². The van der Waals surface area contributed by atoms with Crippen molar-refractivity contribution in [3.05, 3.63) is 84.9 Å². The molecular formula is C24H22N4O2. The topological polar surface area (TPSA) is 80.2 Å². The van der Waals surface area contributed by atoms with E-state index in [1.54, 1.807) is 43.0 Å². The number of hydrogen-bond donors (Lipinski definition) is 2. The maximum atomic E-state index is 9.80. The van der Waals surface area contributed by atoms with Gasteiger partial charge in [0.1, 0.15) is 5.82 Å². The van der Waals surface area contributed by atoms with Gasteiger partial charge in [-0.3, -0.25) is 9.97 Å². The summed E-state index contributed by atoms with van der Waals surface area (Å²) in [4.78, 5) is 13.0. The first kappa shape index (κ1) is 19.4. The summed E-state index contributed by atoms with van der Waals surface area (Å²) in [6.45, 7) is 2.08. The van der Waals surface area contributed by atoms with Crippen molar-refractivity contribution in [1.82, 2.24) is 15.0 Å². The second-order valence-corrected chi connectivity index (χ2v) is 6.90. The monoisotopic (exact) mass is 398 g/mol. The first-order valence-corrected chi connectivity index (χ1v) is 9.60. The van der Waals surface area contributed by atoms with Crippen molar-refractivity contribution < 1.29 is 9.84 Å². The summed E-state index contributed by atoms with van der Waals surface area (Å²) in [7, 11) is 1.52. The van der Waals surface area contributed by atoms with Crippen LogP contribution in [0.5, 0.6) is 11.5 Å². The summed E-state index contributed by atoms with van der Waals surface area (Å²) in [6, 6.07) is 17.6. The van der Waals surface area contributed by atoms with Crippen LogP contribution in [0.2, 0.25) is 0 Å². The molecule has 0 saturated heterocycles. The summed E-state index contributed by atoms with van der Waals surface area (Å²) in [6.07, 6.45) is 6.97. The number of phenols is 1. The Morgan fingerprint density at radius 1 is 0.867 bits per heavy atom. The Hall–Kier alpha value is -3.93. The van der Waals surface area contributed by atoms with E-state index in [1.807, 2.05) is 12.1 Å². The van der Waals surface area contributed by atoms with E-state index in [0.717, 1.165) is 22.3 Å². The molecular weight excluding hydrogens is 376 g/mol. The van der Waals surface area contributed by atoms with Crippen molar-refractivity contribution in [3.8, 4) is 33.9 Å². The van der Waals surface area contributed by atoms with Crippen molar-refractivity contribution in [2.24, 2.45) is 0 Å². The standard InChI is InChI=1S/C24H22N4O2/c1-16(17-3-5-18(6-4-17)19-9-11-25-12-10-19)27-24-15-26-14-21(28-24)20-7-8-22(29)23(13-20)30-2/h3-16,29H,1-2H3,(H,27,28). The Morgan fingerprint density at radius 2 is 1.57 bits per heavy atom. The van der Waals surface area contributed by atoms with Crippen LogP contribution in [0.3, 0.4) is 0 Å². The van der Waals surface area contributed by atoms with Crippen molar-refractivity contribution in [3.63, 3.8) is 0 Å². The number of anilines is 1. The summed E-state index contributed by atoms with van der Waals surface area (Å²) in [5, 5.41) is 13.2. The molecule has 4 rings (SSSR count). The van der Waals surface area contributed by atoms with E-state index >= 15 is 0 Å². The van der Waals surface area contributed by atoms with Crippen LogP contribution in [0.1, 0.15) is 18.5 Å². The first-order chi connectivity index (χ1) is 14.6. The minimum absolute atomic E-state index is 0.0513. The van der Waals surface area contributed by atoms with Gasteiger partial charge in [0.15, 0.2) is 11.5 Å². The fourth-order valence-corrected chi connectivity index (χ4v) is 3.23. The molecule has 6 heteroatoms. The van der Waals surface area contributed by atoms with E-state index in [4.69, 9.17) is 4.74 Å². The van der Waals surface area contributed by atoms with E-state index in [2.05, 4.69) is 51.5 Å². The number of aromatic nitrogens is 3. The number of nitrogens with zero attached hydrogens (tertiary/aromatic N) is 3. The Kier molecular flexibility index (Phi) is 5.57. The number of phenolic OH excluding ortho intramolecular Hbond substituents is 1. The molecule has 150 valence electrons. The summed E-state index contributed by atoms with van der Waals surface area (Å²) in [5.41, 5.74) is 4.94. The van der Waals surface area contributed by atoms with E-state index in [1.165, 1.54) is 7.11 Å². The first-order valence-electron chi connectivity index (χ1n) is 9.60. The molecule has 6 nitrogen and oxygen atoms in total. The van der Waals surface area contributed by atoms with E-state index < -0.39 is 0 Å². The van der Waals surface area contributed by atoms with Crippen LogP contribution in [-0.4, -0.2) is 27.2 Å². The quantitative estimate of drug-likeness (QED) is 0.471. The third kappa shape index (κ3) is 4.22. The molecule has 0 aliphatic carbocycles. The van der Waals surface area contributed by atoms with Gasteiger partial charge < -0.3 is 15.2 Å². The highest BCUT2D eigenvalue weighted by atomic mass is 16.5. The molecule has 2 aromatic carbocycles. The lowest BCUT2D eigenvalue weighted by Crippen LogP contribution is -2.08. The molecule has 30 heavy (non-hydrogen) atoms. The molecule has 0 aliphatic rings.